The summed E-state index contributed by atoms with van der Waals surface area (Å²) in [5.41, 5.74) is 6.25. The highest BCUT2D eigenvalue weighted by Crippen LogP contribution is 2.22. The van der Waals surface area contributed by atoms with E-state index in [4.69, 9.17) is 5.73 Å². The number of carbonyl (C=O) groups is 2. The smallest absolute Gasteiger partial charge is 0.246 e. The van der Waals surface area contributed by atoms with E-state index in [0.717, 1.165) is 12.8 Å². The van der Waals surface area contributed by atoms with Gasteiger partial charge in [0.1, 0.15) is 5.82 Å². The molecule has 0 unspecified atom stereocenters. The van der Waals surface area contributed by atoms with Crippen LogP contribution in [0.5, 0.6) is 0 Å². The largest absolute Gasteiger partial charge is 0.370 e. The third-order valence-electron chi connectivity index (χ3n) is 4.05. The predicted molar refractivity (Wildman–Crippen MR) is 83.2 cm³/mol. The summed E-state index contributed by atoms with van der Waals surface area (Å²) in [6, 6.07) is 6.41. The number of carbonyl (C=O) groups excluding carboxylic acids is 2. The standard InChI is InChI=1S/C17H21FN2O2/c1-12(14-4-2-3-5-15(14)18)10-17(22)20-8-6-13(7-9-20)11-16(19)21/h2-5,10,13H,6-9,11H2,1H3,(H2,19,21)/b12-10+. The van der Waals surface area contributed by atoms with Crippen molar-refractivity contribution in [2.45, 2.75) is 26.2 Å². The zero-order valence-corrected chi connectivity index (χ0v) is 12.7. The van der Waals surface area contributed by atoms with Gasteiger partial charge in [-0.15, -0.1) is 0 Å². The summed E-state index contributed by atoms with van der Waals surface area (Å²) < 4.78 is 13.7. The molecule has 1 saturated heterocycles. The Morgan fingerprint density at radius 2 is 1.95 bits per heavy atom. The Morgan fingerprint density at radius 3 is 2.55 bits per heavy atom. The second kappa shape index (κ2) is 7.20. The molecule has 1 fully saturated rings. The highest BCUT2D eigenvalue weighted by Gasteiger charge is 2.23. The average Bonchev–Trinajstić information content (AvgIpc) is 2.47. The van der Waals surface area contributed by atoms with Crippen LogP contribution in [0.1, 0.15) is 31.7 Å². The molecule has 2 N–H and O–H groups in total. The predicted octanol–water partition coefficient (Wildman–Crippen LogP) is 2.34. The summed E-state index contributed by atoms with van der Waals surface area (Å²) in [4.78, 5) is 24.9. The fourth-order valence-corrected chi connectivity index (χ4v) is 2.78. The molecule has 1 heterocycles. The van der Waals surface area contributed by atoms with Crippen LogP contribution in [0.3, 0.4) is 0 Å². The molecule has 4 nitrogen and oxygen atoms in total. The monoisotopic (exact) mass is 304 g/mol. The normalized spacial score (nSPS) is 16.6. The Hall–Kier alpha value is -2.17. The molecule has 0 spiro atoms. The number of nitrogens with zero attached hydrogens (tertiary/aromatic N) is 1. The first-order valence-corrected chi connectivity index (χ1v) is 7.47. The molecule has 1 aliphatic heterocycles. The minimum absolute atomic E-state index is 0.113. The molecule has 2 amide bonds. The summed E-state index contributed by atoms with van der Waals surface area (Å²) in [5, 5.41) is 0. The van der Waals surface area contributed by atoms with E-state index in [1.54, 1.807) is 30.0 Å². The summed E-state index contributed by atoms with van der Waals surface area (Å²) >= 11 is 0. The molecule has 1 aromatic rings. The van der Waals surface area contributed by atoms with E-state index < -0.39 is 0 Å². The number of halogens is 1. The number of allylic oxidation sites excluding steroid dienone is 1. The minimum Gasteiger partial charge on any atom is -0.370 e. The summed E-state index contributed by atoms with van der Waals surface area (Å²) in [6.07, 6.45) is 3.42. The third-order valence-corrected chi connectivity index (χ3v) is 4.05. The van der Waals surface area contributed by atoms with Gasteiger partial charge in [0.2, 0.25) is 11.8 Å². The molecular formula is C17H21FN2O2. The van der Waals surface area contributed by atoms with Crippen LogP contribution in [0.4, 0.5) is 4.39 Å². The highest BCUT2D eigenvalue weighted by atomic mass is 19.1. The molecular weight excluding hydrogens is 283 g/mol. The van der Waals surface area contributed by atoms with Crippen molar-refractivity contribution < 1.29 is 14.0 Å². The van der Waals surface area contributed by atoms with Crippen LogP contribution in [-0.2, 0) is 9.59 Å². The van der Waals surface area contributed by atoms with Gasteiger partial charge in [-0.25, -0.2) is 4.39 Å². The highest BCUT2D eigenvalue weighted by molar-refractivity contribution is 5.95. The fraction of sp³-hybridized carbons (Fsp3) is 0.412. The second-order valence-corrected chi connectivity index (χ2v) is 5.75. The van der Waals surface area contributed by atoms with Crippen molar-refractivity contribution in [2.75, 3.05) is 13.1 Å². The van der Waals surface area contributed by atoms with Gasteiger partial charge in [0.15, 0.2) is 0 Å². The van der Waals surface area contributed by atoms with Gasteiger partial charge in [-0.3, -0.25) is 9.59 Å². The van der Waals surface area contributed by atoms with Crippen LogP contribution in [0, 0.1) is 11.7 Å². The van der Waals surface area contributed by atoms with Gasteiger partial charge in [0, 0.05) is 31.1 Å². The molecule has 0 saturated carbocycles. The fourth-order valence-electron chi connectivity index (χ4n) is 2.78. The Balaban J connectivity index is 1.97. The number of likely N-dealkylation sites (tertiary alicyclic amines) is 1. The van der Waals surface area contributed by atoms with E-state index in [-0.39, 0.29) is 23.5 Å². The van der Waals surface area contributed by atoms with Crippen molar-refractivity contribution in [2.24, 2.45) is 11.7 Å². The lowest BCUT2D eigenvalue weighted by molar-refractivity contribution is -0.127. The first-order chi connectivity index (χ1) is 10.5. The first kappa shape index (κ1) is 16.2. The van der Waals surface area contributed by atoms with E-state index in [1.165, 1.54) is 12.1 Å². The number of primary amides is 1. The minimum atomic E-state index is -0.329. The Kier molecular flexibility index (Phi) is 5.31. The first-order valence-electron chi connectivity index (χ1n) is 7.47. The van der Waals surface area contributed by atoms with Crippen molar-refractivity contribution in [3.05, 3.63) is 41.7 Å². The molecule has 0 bridgehead atoms. The van der Waals surface area contributed by atoms with Crippen molar-refractivity contribution in [3.63, 3.8) is 0 Å². The molecule has 0 aliphatic carbocycles. The molecule has 1 aromatic carbocycles. The summed E-state index contributed by atoms with van der Waals surface area (Å²) in [7, 11) is 0. The number of benzene rings is 1. The zero-order chi connectivity index (χ0) is 16.1. The molecule has 0 atom stereocenters. The maximum Gasteiger partial charge on any atom is 0.246 e. The van der Waals surface area contributed by atoms with Crippen LogP contribution in [-0.4, -0.2) is 29.8 Å². The number of hydrogen-bond donors (Lipinski definition) is 1. The number of nitrogens with two attached hydrogens (primary N) is 1. The van der Waals surface area contributed by atoms with E-state index in [1.807, 2.05) is 0 Å². The molecule has 22 heavy (non-hydrogen) atoms. The lowest BCUT2D eigenvalue weighted by Gasteiger charge is -2.31. The molecule has 2 rings (SSSR count). The quantitative estimate of drug-likeness (QED) is 0.868. The van der Waals surface area contributed by atoms with Gasteiger partial charge >= 0.3 is 0 Å². The number of rotatable bonds is 4. The number of piperidine rings is 1. The molecule has 1 aliphatic rings. The maximum atomic E-state index is 13.7. The lowest BCUT2D eigenvalue weighted by atomic mass is 9.93. The molecule has 118 valence electrons. The SMILES string of the molecule is C/C(=C\C(=O)N1CCC(CC(N)=O)CC1)c1ccccc1F. The second-order valence-electron chi connectivity index (χ2n) is 5.75. The van der Waals surface area contributed by atoms with Crippen LogP contribution in [0.25, 0.3) is 5.57 Å². The van der Waals surface area contributed by atoms with E-state index >= 15 is 0 Å². The van der Waals surface area contributed by atoms with Gasteiger partial charge in [-0.2, -0.15) is 0 Å². The van der Waals surface area contributed by atoms with Crippen LogP contribution in [0.15, 0.2) is 30.3 Å². The summed E-state index contributed by atoms with van der Waals surface area (Å²) in [5.74, 6) is -0.472. The average molecular weight is 304 g/mol. The van der Waals surface area contributed by atoms with Crippen molar-refractivity contribution >= 4 is 17.4 Å². The Bertz CT molecular complexity index is 590. The zero-order valence-electron chi connectivity index (χ0n) is 12.7. The Morgan fingerprint density at radius 1 is 1.32 bits per heavy atom. The summed E-state index contributed by atoms with van der Waals surface area (Å²) in [6.45, 7) is 2.95. The number of hydrogen-bond acceptors (Lipinski definition) is 2. The Labute approximate surface area is 129 Å². The molecule has 5 heteroatoms. The molecule has 0 aromatic heterocycles. The van der Waals surface area contributed by atoms with Crippen LogP contribution in [0.2, 0.25) is 0 Å². The number of amides is 2. The van der Waals surface area contributed by atoms with E-state index in [0.29, 0.717) is 30.6 Å². The van der Waals surface area contributed by atoms with E-state index in [9.17, 15) is 14.0 Å². The van der Waals surface area contributed by atoms with Gasteiger partial charge in [-0.1, -0.05) is 18.2 Å². The van der Waals surface area contributed by atoms with Crippen LogP contribution < -0.4 is 5.73 Å². The van der Waals surface area contributed by atoms with E-state index in [2.05, 4.69) is 0 Å². The van der Waals surface area contributed by atoms with Gasteiger partial charge < -0.3 is 10.6 Å². The topological polar surface area (TPSA) is 63.4 Å². The van der Waals surface area contributed by atoms with Crippen molar-refractivity contribution in [3.8, 4) is 0 Å². The third kappa shape index (κ3) is 4.16. The lowest BCUT2D eigenvalue weighted by Crippen LogP contribution is -2.38. The van der Waals surface area contributed by atoms with Gasteiger partial charge in [0.05, 0.1) is 0 Å². The molecule has 0 radical (unpaired) electrons. The van der Waals surface area contributed by atoms with Crippen LogP contribution >= 0.6 is 0 Å². The van der Waals surface area contributed by atoms with Crippen molar-refractivity contribution in [1.29, 1.82) is 0 Å². The van der Waals surface area contributed by atoms with Gasteiger partial charge in [0.25, 0.3) is 0 Å². The van der Waals surface area contributed by atoms with Gasteiger partial charge in [-0.05, 0) is 37.3 Å². The maximum absolute atomic E-state index is 13.7. The van der Waals surface area contributed by atoms with Crippen molar-refractivity contribution in [1.82, 2.24) is 4.90 Å².